The fourth-order valence-corrected chi connectivity index (χ4v) is 2.74. The predicted octanol–water partition coefficient (Wildman–Crippen LogP) is 2.80. The molecule has 2 heterocycles. The fourth-order valence-electron chi connectivity index (χ4n) is 2.74. The Hall–Kier alpha value is -2.24. The summed E-state index contributed by atoms with van der Waals surface area (Å²) >= 11 is 0. The molecule has 0 saturated heterocycles. The molecule has 1 atom stereocenters. The Morgan fingerprint density at radius 1 is 1.36 bits per heavy atom. The SMILES string of the molecule is CCCCc1nc2cc3c(cc2n1C(C)C(=O)O)OCCO3. The maximum atomic E-state index is 11.5. The number of carbonyl (C=O) groups is 1. The van der Waals surface area contributed by atoms with Crippen molar-refractivity contribution in [1.82, 2.24) is 9.55 Å². The van der Waals surface area contributed by atoms with Crippen molar-refractivity contribution in [2.45, 2.75) is 39.2 Å². The Kier molecular flexibility index (Phi) is 3.92. The number of benzene rings is 1. The van der Waals surface area contributed by atoms with Gasteiger partial charge in [-0.1, -0.05) is 13.3 Å². The summed E-state index contributed by atoms with van der Waals surface area (Å²) in [7, 11) is 0. The van der Waals surface area contributed by atoms with Crippen molar-refractivity contribution in [2.24, 2.45) is 0 Å². The lowest BCUT2D eigenvalue weighted by atomic mass is 10.2. The average Bonchev–Trinajstić information content (AvgIpc) is 2.86. The first kappa shape index (κ1) is 14.7. The van der Waals surface area contributed by atoms with Crippen molar-refractivity contribution in [1.29, 1.82) is 0 Å². The van der Waals surface area contributed by atoms with Crippen molar-refractivity contribution >= 4 is 17.0 Å². The molecule has 1 aromatic carbocycles. The number of imidazole rings is 1. The Morgan fingerprint density at radius 3 is 2.68 bits per heavy atom. The Labute approximate surface area is 128 Å². The van der Waals surface area contributed by atoms with Gasteiger partial charge >= 0.3 is 5.97 Å². The summed E-state index contributed by atoms with van der Waals surface area (Å²) in [6, 6.07) is 3.01. The first-order valence-electron chi connectivity index (χ1n) is 7.65. The van der Waals surface area contributed by atoms with Crippen LogP contribution in [0.15, 0.2) is 12.1 Å². The third-order valence-corrected chi connectivity index (χ3v) is 3.93. The molecule has 1 aliphatic heterocycles. The van der Waals surface area contributed by atoms with Gasteiger partial charge in [-0.2, -0.15) is 0 Å². The van der Waals surface area contributed by atoms with E-state index in [0.29, 0.717) is 24.7 Å². The van der Waals surface area contributed by atoms with Gasteiger partial charge in [0.1, 0.15) is 25.1 Å². The van der Waals surface area contributed by atoms with Crippen LogP contribution in [0.4, 0.5) is 0 Å². The first-order valence-corrected chi connectivity index (χ1v) is 7.65. The van der Waals surface area contributed by atoms with Gasteiger partial charge in [0, 0.05) is 18.6 Å². The van der Waals surface area contributed by atoms with E-state index >= 15 is 0 Å². The summed E-state index contributed by atoms with van der Waals surface area (Å²) < 4.78 is 13.0. The lowest BCUT2D eigenvalue weighted by Crippen LogP contribution is -2.18. The molecule has 6 nitrogen and oxygen atoms in total. The molecule has 0 aliphatic carbocycles. The second kappa shape index (κ2) is 5.87. The van der Waals surface area contributed by atoms with E-state index in [1.165, 1.54) is 0 Å². The van der Waals surface area contributed by atoms with Crippen LogP contribution in [-0.4, -0.2) is 33.8 Å². The van der Waals surface area contributed by atoms with Gasteiger partial charge in [-0.15, -0.1) is 0 Å². The van der Waals surface area contributed by atoms with E-state index in [0.717, 1.165) is 36.1 Å². The Bertz CT molecular complexity index is 708. The minimum absolute atomic E-state index is 0.504. The quantitative estimate of drug-likeness (QED) is 0.919. The number of aliphatic carboxylic acids is 1. The number of aryl methyl sites for hydroxylation is 1. The molecule has 0 fully saturated rings. The highest BCUT2D eigenvalue weighted by Gasteiger charge is 2.23. The molecular weight excluding hydrogens is 284 g/mol. The molecule has 1 unspecified atom stereocenters. The largest absolute Gasteiger partial charge is 0.486 e. The molecule has 0 amide bonds. The van der Waals surface area contributed by atoms with Crippen LogP contribution < -0.4 is 9.47 Å². The predicted molar refractivity (Wildman–Crippen MR) is 81.7 cm³/mol. The van der Waals surface area contributed by atoms with E-state index in [2.05, 4.69) is 11.9 Å². The molecule has 6 heteroatoms. The van der Waals surface area contributed by atoms with Gasteiger partial charge in [-0.3, -0.25) is 0 Å². The number of carboxylic acid groups (broad SMARTS) is 1. The summed E-state index contributed by atoms with van der Waals surface area (Å²) in [6.45, 7) is 4.81. The van der Waals surface area contributed by atoms with Crippen molar-refractivity contribution in [2.75, 3.05) is 13.2 Å². The van der Waals surface area contributed by atoms with Gasteiger partial charge in [0.05, 0.1) is 11.0 Å². The van der Waals surface area contributed by atoms with Crippen LogP contribution in [0.25, 0.3) is 11.0 Å². The standard InChI is InChI=1S/C16H20N2O4/c1-3-4-5-15-17-11-8-13-14(22-7-6-21-13)9-12(11)18(15)10(2)16(19)20/h8-10H,3-7H2,1-2H3,(H,19,20). The number of unbranched alkanes of at least 4 members (excludes halogenated alkanes) is 1. The summed E-state index contributed by atoms with van der Waals surface area (Å²) in [5.74, 6) is 1.26. The van der Waals surface area contributed by atoms with Crippen LogP contribution >= 0.6 is 0 Å². The molecule has 22 heavy (non-hydrogen) atoms. The van der Waals surface area contributed by atoms with Crippen LogP contribution in [0, 0.1) is 0 Å². The molecule has 3 rings (SSSR count). The van der Waals surface area contributed by atoms with Gasteiger partial charge in [-0.25, -0.2) is 9.78 Å². The van der Waals surface area contributed by atoms with Crippen LogP contribution in [0.2, 0.25) is 0 Å². The van der Waals surface area contributed by atoms with Gasteiger partial charge in [0.25, 0.3) is 0 Å². The van der Waals surface area contributed by atoms with Gasteiger partial charge in [0.2, 0.25) is 0 Å². The summed E-state index contributed by atoms with van der Waals surface area (Å²) in [5, 5.41) is 9.40. The van der Waals surface area contributed by atoms with E-state index in [1.807, 2.05) is 12.1 Å². The van der Waals surface area contributed by atoms with E-state index in [-0.39, 0.29) is 0 Å². The second-order valence-corrected chi connectivity index (χ2v) is 5.50. The molecule has 0 saturated carbocycles. The normalized spacial score (nSPS) is 15.0. The maximum Gasteiger partial charge on any atom is 0.326 e. The topological polar surface area (TPSA) is 73.6 Å². The zero-order chi connectivity index (χ0) is 15.7. The lowest BCUT2D eigenvalue weighted by Gasteiger charge is -2.19. The zero-order valence-electron chi connectivity index (χ0n) is 12.8. The smallest absolute Gasteiger partial charge is 0.326 e. The third-order valence-electron chi connectivity index (χ3n) is 3.93. The fraction of sp³-hybridized carbons (Fsp3) is 0.500. The van der Waals surface area contributed by atoms with Gasteiger partial charge < -0.3 is 19.1 Å². The molecule has 118 valence electrons. The number of fused-ring (bicyclic) bond motifs is 2. The Morgan fingerprint density at radius 2 is 2.05 bits per heavy atom. The van der Waals surface area contributed by atoms with E-state index in [1.54, 1.807) is 11.5 Å². The molecule has 2 aromatic rings. The number of nitrogens with zero attached hydrogens (tertiary/aromatic N) is 2. The number of ether oxygens (including phenoxy) is 2. The molecule has 1 aliphatic rings. The van der Waals surface area contributed by atoms with E-state index in [4.69, 9.17) is 9.47 Å². The van der Waals surface area contributed by atoms with Gasteiger partial charge in [-0.05, 0) is 13.3 Å². The van der Waals surface area contributed by atoms with Crippen LogP contribution in [0.3, 0.4) is 0 Å². The highest BCUT2D eigenvalue weighted by Crippen LogP contribution is 2.36. The summed E-state index contributed by atoms with van der Waals surface area (Å²) in [5.41, 5.74) is 1.54. The van der Waals surface area contributed by atoms with Crippen molar-refractivity contribution < 1.29 is 19.4 Å². The number of hydrogen-bond donors (Lipinski definition) is 1. The molecule has 0 bridgehead atoms. The number of aromatic nitrogens is 2. The van der Waals surface area contributed by atoms with Crippen LogP contribution in [0.5, 0.6) is 11.5 Å². The molecule has 1 N–H and O–H groups in total. The minimum Gasteiger partial charge on any atom is -0.486 e. The third kappa shape index (κ3) is 2.49. The van der Waals surface area contributed by atoms with E-state index in [9.17, 15) is 9.90 Å². The average molecular weight is 304 g/mol. The monoisotopic (exact) mass is 304 g/mol. The maximum absolute atomic E-state index is 11.5. The van der Waals surface area contributed by atoms with Crippen molar-refractivity contribution in [3.63, 3.8) is 0 Å². The van der Waals surface area contributed by atoms with E-state index < -0.39 is 12.0 Å². The Balaban J connectivity index is 2.15. The number of hydrogen-bond acceptors (Lipinski definition) is 4. The highest BCUT2D eigenvalue weighted by molar-refractivity contribution is 5.83. The first-order chi connectivity index (χ1) is 10.6. The van der Waals surface area contributed by atoms with Crippen molar-refractivity contribution in [3.05, 3.63) is 18.0 Å². The molecule has 0 spiro atoms. The van der Waals surface area contributed by atoms with Crippen LogP contribution in [0.1, 0.15) is 38.6 Å². The van der Waals surface area contributed by atoms with Crippen LogP contribution in [-0.2, 0) is 11.2 Å². The second-order valence-electron chi connectivity index (χ2n) is 5.50. The minimum atomic E-state index is -0.869. The summed E-state index contributed by atoms with van der Waals surface area (Å²) in [6.07, 6.45) is 2.77. The van der Waals surface area contributed by atoms with Gasteiger partial charge in [0.15, 0.2) is 11.5 Å². The molecule has 0 radical (unpaired) electrons. The lowest BCUT2D eigenvalue weighted by molar-refractivity contribution is -0.140. The summed E-state index contributed by atoms with van der Waals surface area (Å²) in [4.78, 5) is 16.1. The van der Waals surface area contributed by atoms with Crippen molar-refractivity contribution in [3.8, 4) is 11.5 Å². The molecule has 1 aromatic heterocycles. The zero-order valence-corrected chi connectivity index (χ0v) is 12.8. The molecular formula is C16H20N2O4. The number of carboxylic acids is 1. The highest BCUT2D eigenvalue weighted by atomic mass is 16.6. The number of rotatable bonds is 5.